The van der Waals surface area contributed by atoms with Crippen LogP contribution in [0.5, 0.6) is 0 Å². The Bertz CT molecular complexity index is 266. The first-order valence-electron chi connectivity index (χ1n) is 3.39. The lowest BCUT2D eigenvalue weighted by atomic mass is 10.4. The summed E-state index contributed by atoms with van der Waals surface area (Å²) in [7, 11) is 0. The van der Waals surface area contributed by atoms with E-state index in [1.165, 1.54) is 6.07 Å². The SMILES string of the molecule is C.CC(C)n1ccc(C(=O)O)n1. The Morgan fingerprint density at radius 2 is 2.25 bits per heavy atom. The normalized spacial score (nSPS) is 9.58. The molecule has 4 nitrogen and oxygen atoms in total. The number of aromatic nitrogens is 2. The van der Waals surface area contributed by atoms with Gasteiger partial charge in [-0.15, -0.1) is 0 Å². The maximum atomic E-state index is 10.4. The summed E-state index contributed by atoms with van der Waals surface area (Å²) in [6, 6.07) is 1.70. The maximum Gasteiger partial charge on any atom is 0.356 e. The second-order valence-corrected chi connectivity index (χ2v) is 2.58. The monoisotopic (exact) mass is 170 g/mol. The molecule has 12 heavy (non-hydrogen) atoms. The molecule has 0 fully saturated rings. The minimum atomic E-state index is -0.982. The van der Waals surface area contributed by atoms with Gasteiger partial charge in [0.15, 0.2) is 5.69 Å². The van der Waals surface area contributed by atoms with Gasteiger partial charge in [-0.1, -0.05) is 7.43 Å². The van der Waals surface area contributed by atoms with E-state index in [1.54, 1.807) is 10.9 Å². The van der Waals surface area contributed by atoms with Crippen molar-refractivity contribution in [1.29, 1.82) is 0 Å². The number of aromatic carboxylic acids is 1. The first-order valence-corrected chi connectivity index (χ1v) is 3.39. The first-order chi connectivity index (χ1) is 5.11. The molecule has 1 aromatic rings. The van der Waals surface area contributed by atoms with E-state index in [-0.39, 0.29) is 19.2 Å². The lowest BCUT2D eigenvalue weighted by Gasteiger charge is -2.02. The highest BCUT2D eigenvalue weighted by Gasteiger charge is 2.07. The number of carboxylic acids is 1. The summed E-state index contributed by atoms with van der Waals surface area (Å²) in [5, 5.41) is 12.3. The van der Waals surface area contributed by atoms with Crippen LogP contribution >= 0.6 is 0 Å². The topological polar surface area (TPSA) is 55.1 Å². The second-order valence-electron chi connectivity index (χ2n) is 2.58. The van der Waals surface area contributed by atoms with Gasteiger partial charge in [0.25, 0.3) is 0 Å². The first kappa shape index (κ1) is 10.7. The number of carboxylic acid groups (broad SMARTS) is 1. The Labute approximate surface area is 71.8 Å². The van der Waals surface area contributed by atoms with E-state index in [4.69, 9.17) is 5.11 Å². The third kappa shape index (κ3) is 2.08. The van der Waals surface area contributed by atoms with Crippen LogP contribution in [0.4, 0.5) is 0 Å². The zero-order chi connectivity index (χ0) is 8.43. The number of hydrogen-bond donors (Lipinski definition) is 1. The zero-order valence-electron chi connectivity index (χ0n) is 6.48. The molecule has 1 N–H and O–H groups in total. The predicted octanol–water partition coefficient (Wildman–Crippen LogP) is 1.80. The van der Waals surface area contributed by atoms with Gasteiger partial charge in [0, 0.05) is 12.2 Å². The van der Waals surface area contributed by atoms with E-state index in [0.29, 0.717) is 0 Å². The molecular weight excluding hydrogens is 156 g/mol. The van der Waals surface area contributed by atoms with E-state index in [0.717, 1.165) is 0 Å². The van der Waals surface area contributed by atoms with Gasteiger partial charge in [-0.05, 0) is 19.9 Å². The summed E-state index contributed by atoms with van der Waals surface area (Å²) in [4.78, 5) is 10.4. The number of rotatable bonds is 2. The van der Waals surface area contributed by atoms with E-state index in [1.807, 2.05) is 13.8 Å². The molecule has 0 amide bonds. The van der Waals surface area contributed by atoms with Crippen molar-refractivity contribution in [3.63, 3.8) is 0 Å². The van der Waals surface area contributed by atoms with Crippen LogP contribution in [-0.4, -0.2) is 20.9 Å². The van der Waals surface area contributed by atoms with Crippen LogP contribution in [0.2, 0.25) is 0 Å². The predicted molar refractivity (Wildman–Crippen MR) is 46.3 cm³/mol. The maximum absolute atomic E-state index is 10.4. The second kappa shape index (κ2) is 3.90. The molecule has 0 aliphatic heterocycles. The van der Waals surface area contributed by atoms with Gasteiger partial charge in [0.1, 0.15) is 0 Å². The summed E-state index contributed by atoms with van der Waals surface area (Å²) in [6.07, 6.45) is 1.66. The third-order valence-corrected chi connectivity index (χ3v) is 1.36. The van der Waals surface area contributed by atoms with E-state index in [9.17, 15) is 4.79 Å². The van der Waals surface area contributed by atoms with E-state index in [2.05, 4.69) is 5.10 Å². The summed E-state index contributed by atoms with van der Waals surface area (Å²) < 4.78 is 1.61. The fourth-order valence-corrected chi connectivity index (χ4v) is 0.740. The number of carbonyl (C=O) groups is 1. The minimum Gasteiger partial charge on any atom is -0.476 e. The zero-order valence-corrected chi connectivity index (χ0v) is 6.48. The van der Waals surface area contributed by atoms with Crippen molar-refractivity contribution in [2.24, 2.45) is 0 Å². The molecule has 0 aliphatic carbocycles. The Morgan fingerprint density at radius 3 is 2.50 bits per heavy atom. The highest BCUT2D eigenvalue weighted by atomic mass is 16.4. The van der Waals surface area contributed by atoms with Crippen molar-refractivity contribution < 1.29 is 9.90 Å². The van der Waals surface area contributed by atoms with Crippen molar-refractivity contribution in [2.45, 2.75) is 27.3 Å². The van der Waals surface area contributed by atoms with Gasteiger partial charge in [0.05, 0.1) is 0 Å². The molecule has 0 atom stereocenters. The van der Waals surface area contributed by atoms with Gasteiger partial charge in [-0.2, -0.15) is 5.10 Å². The standard InChI is InChI=1S/C7H10N2O2.CH4/c1-5(2)9-4-3-6(8-9)7(10)11;/h3-5H,1-2H3,(H,10,11);1H4. The van der Waals surface area contributed by atoms with Crippen molar-refractivity contribution in [3.8, 4) is 0 Å². The molecule has 1 rings (SSSR count). The van der Waals surface area contributed by atoms with Crippen molar-refractivity contribution in [2.75, 3.05) is 0 Å². The lowest BCUT2D eigenvalue weighted by Crippen LogP contribution is -2.04. The molecule has 0 bridgehead atoms. The van der Waals surface area contributed by atoms with Crippen LogP contribution in [0.15, 0.2) is 12.3 Å². The summed E-state index contributed by atoms with van der Waals surface area (Å²) in [5.74, 6) is -0.982. The van der Waals surface area contributed by atoms with Gasteiger partial charge >= 0.3 is 5.97 Å². The summed E-state index contributed by atoms with van der Waals surface area (Å²) >= 11 is 0. The molecule has 4 heteroatoms. The van der Waals surface area contributed by atoms with E-state index < -0.39 is 5.97 Å². The molecule has 0 saturated carbocycles. The Morgan fingerprint density at radius 1 is 1.67 bits per heavy atom. The highest BCUT2D eigenvalue weighted by Crippen LogP contribution is 2.03. The van der Waals surface area contributed by atoms with Gasteiger partial charge in [-0.25, -0.2) is 4.79 Å². The van der Waals surface area contributed by atoms with Crippen LogP contribution in [-0.2, 0) is 0 Å². The third-order valence-electron chi connectivity index (χ3n) is 1.36. The highest BCUT2D eigenvalue weighted by molar-refractivity contribution is 5.85. The van der Waals surface area contributed by atoms with Crippen molar-refractivity contribution in [1.82, 2.24) is 9.78 Å². The quantitative estimate of drug-likeness (QED) is 0.736. The molecule has 0 spiro atoms. The molecule has 0 unspecified atom stereocenters. The molecule has 0 radical (unpaired) electrons. The Balaban J connectivity index is 0.00000121. The van der Waals surface area contributed by atoms with Crippen LogP contribution in [0.25, 0.3) is 0 Å². The fraction of sp³-hybridized carbons (Fsp3) is 0.500. The molecule has 1 heterocycles. The molecule has 1 aromatic heterocycles. The average molecular weight is 170 g/mol. The molecule has 0 aliphatic rings. The van der Waals surface area contributed by atoms with Crippen molar-refractivity contribution >= 4 is 5.97 Å². The van der Waals surface area contributed by atoms with Gasteiger partial charge < -0.3 is 5.11 Å². The van der Waals surface area contributed by atoms with E-state index >= 15 is 0 Å². The lowest BCUT2D eigenvalue weighted by molar-refractivity contribution is 0.0689. The van der Waals surface area contributed by atoms with Crippen LogP contribution < -0.4 is 0 Å². The minimum absolute atomic E-state index is 0. The smallest absolute Gasteiger partial charge is 0.356 e. The Hall–Kier alpha value is -1.32. The summed E-state index contributed by atoms with van der Waals surface area (Å²) in [5.41, 5.74) is 0.0960. The molecular formula is C8H14N2O2. The van der Waals surface area contributed by atoms with Gasteiger partial charge in [0.2, 0.25) is 0 Å². The molecule has 68 valence electrons. The largest absolute Gasteiger partial charge is 0.476 e. The average Bonchev–Trinajstić information content (AvgIpc) is 2.33. The van der Waals surface area contributed by atoms with Gasteiger partial charge in [-0.3, -0.25) is 4.68 Å². The van der Waals surface area contributed by atoms with Crippen molar-refractivity contribution in [3.05, 3.63) is 18.0 Å². The fourth-order valence-electron chi connectivity index (χ4n) is 0.740. The van der Waals surface area contributed by atoms with Crippen LogP contribution in [0, 0.1) is 0 Å². The summed E-state index contributed by atoms with van der Waals surface area (Å²) in [6.45, 7) is 3.89. The Kier molecular flexibility index (Phi) is 3.47. The molecule has 0 aromatic carbocycles. The number of nitrogens with zero attached hydrogens (tertiary/aromatic N) is 2. The molecule has 0 saturated heterocycles. The number of hydrogen-bond acceptors (Lipinski definition) is 2. The van der Waals surface area contributed by atoms with Crippen LogP contribution in [0.1, 0.15) is 37.8 Å². The van der Waals surface area contributed by atoms with Crippen LogP contribution in [0.3, 0.4) is 0 Å².